The normalized spacial score (nSPS) is 12.9. The fourth-order valence-corrected chi connectivity index (χ4v) is 2.50. The molecule has 2 aromatic rings. The van der Waals surface area contributed by atoms with E-state index in [0.29, 0.717) is 11.7 Å². The lowest BCUT2D eigenvalue weighted by atomic mass is 9.95. The van der Waals surface area contributed by atoms with Crippen molar-refractivity contribution < 1.29 is 13.2 Å². The predicted molar refractivity (Wildman–Crippen MR) is 75.6 cm³/mol. The number of nitrogens with zero attached hydrogens (tertiary/aromatic N) is 3. The maximum Gasteiger partial charge on any atom is 0.435 e. The minimum absolute atomic E-state index is 0.279. The van der Waals surface area contributed by atoms with E-state index in [9.17, 15) is 13.2 Å². The Morgan fingerprint density at radius 3 is 2.48 bits per heavy atom. The molecule has 0 aromatic carbocycles. The largest absolute Gasteiger partial charge is 0.435 e. The summed E-state index contributed by atoms with van der Waals surface area (Å²) in [5, 5.41) is 6.71. The van der Waals surface area contributed by atoms with E-state index in [1.54, 1.807) is 0 Å². The van der Waals surface area contributed by atoms with Crippen LogP contribution in [-0.4, -0.2) is 26.0 Å². The van der Waals surface area contributed by atoms with Crippen LogP contribution in [0.2, 0.25) is 0 Å². The third-order valence-electron chi connectivity index (χ3n) is 3.67. The van der Waals surface area contributed by atoms with Crippen molar-refractivity contribution in [3.63, 3.8) is 0 Å². The van der Waals surface area contributed by atoms with Crippen LogP contribution in [0.15, 0.2) is 18.5 Å². The highest BCUT2D eigenvalue weighted by molar-refractivity contribution is 6.18. The molecule has 0 amide bonds. The molecule has 0 aliphatic heterocycles. The molecule has 116 valence electrons. The van der Waals surface area contributed by atoms with E-state index in [1.807, 2.05) is 13.8 Å². The third kappa shape index (κ3) is 3.07. The highest BCUT2D eigenvalue weighted by Crippen LogP contribution is 2.31. The predicted octanol–water partition coefficient (Wildman–Crippen LogP) is 3.96. The summed E-state index contributed by atoms with van der Waals surface area (Å²) in [6.45, 7) is 3.94. The zero-order valence-electron chi connectivity index (χ0n) is 11.7. The number of alkyl halides is 4. The lowest BCUT2D eigenvalue weighted by Gasteiger charge is -2.31. The van der Waals surface area contributed by atoms with Gasteiger partial charge in [0.05, 0.1) is 5.54 Å². The molecule has 8 heteroatoms. The number of hydrogen-bond acceptors (Lipinski definition) is 3. The molecule has 2 heterocycles. The minimum atomic E-state index is -4.48. The van der Waals surface area contributed by atoms with E-state index in [4.69, 9.17) is 11.6 Å². The maximum atomic E-state index is 12.8. The zero-order valence-corrected chi connectivity index (χ0v) is 12.5. The second kappa shape index (κ2) is 5.71. The van der Waals surface area contributed by atoms with Gasteiger partial charge in [-0.25, -0.2) is 9.50 Å². The summed E-state index contributed by atoms with van der Waals surface area (Å²) in [5.74, 6) is 0.688. The molecular formula is C13H16ClF3N4. The number of halogens is 4. The van der Waals surface area contributed by atoms with Gasteiger partial charge in [0.2, 0.25) is 0 Å². The van der Waals surface area contributed by atoms with Crippen molar-refractivity contribution in [1.29, 1.82) is 0 Å². The molecule has 21 heavy (non-hydrogen) atoms. The first-order valence-corrected chi connectivity index (χ1v) is 7.14. The first-order valence-electron chi connectivity index (χ1n) is 6.61. The third-order valence-corrected chi connectivity index (χ3v) is 4.18. The van der Waals surface area contributed by atoms with Crippen LogP contribution in [0.3, 0.4) is 0 Å². The van der Waals surface area contributed by atoms with Crippen LogP contribution in [0.5, 0.6) is 0 Å². The van der Waals surface area contributed by atoms with Gasteiger partial charge in [-0.1, -0.05) is 13.8 Å². The molecule has 0 saturated heterocycles. The van der Waals surface area contributed by atoms with Crippen LogP contribution in [0.4, 0.5) is 19.0 Å². The van der Waals surface area contributed by atoms with Gasteiger partial charge in [-0.05, 0) is 12.8 Å². The Balaban J connectivity index is 2.47. The summed E-state index contributed by atoms with van der Waals surface area (Å²) >= 11 is 6.01. The molecule has 0 unspecified atom stereocenters. The maximum absolute atomic E-state index is 12.8. The van der Waals surface area contributed by atoms with Gasteiger partial charge in [0, 0.05) is 24.3 Å². The smallest absolute Gasteiger partial charge is 0.362 e. The minimum Gasteiger partial charge on any atom is -0.362 e. The number of hydrogen-bond donors (Lipinski definition) is 1. The Bertz CT molecular complexity index is 611. The summed E-state index contributed by atoms with van der Waals surface area (Å²) in [5.41, 5.74) is -1.07. The molecule has 0 atom stereocenters. The standard InChI is InChI=1S/C13H16ClF3N4/c1-3-12(4-2,8-14)19-11-9-7-10(13(15,16)17)20-21(9)6-5-18-11/h5-7H,3-4,8H2,1-2H3,(H,18,19). The van der Waals surface area contributed by atoms with E-state index in [1.165, 1.54) is 16.9 Å². The van der Waals surface area contributed by atoms with E-state index in [0.717, 1.165) is 18.9 Å². The SMILES string of the molecule is CCC(CC)(CCl)Nc1nccn2nc(C(F)(F)F)cc12. The van der Waals surface area contributed by atoms with Gasteiger partial charge in [-0.2, -0.15) is 18.3 Å². The highest BCUT2D eigenvalue weighted by Gasteiger charge is 2.35. The molecule has 0 spiro atoms. The van der Waals surface area contributed by atoms with E-state index < -0.39 is 17.4 Å². The summed E-state index contributed by atoms with van der Waals surface area (Å²) in [7, 11) is 0. The number of rotatable bonds is 5. The Morgan fingerprint density at radius 1 is 1.29 bits per heavy atom. The molecular weight excluding hydrogens is 305 g/mol. The van der Waals surface area contributed by atoms with Gasteiger partial charge in [-0.3, -0.25) is 0 Å². The molecule has 4 nitrogen and oxygen atoms in total. The number of nitrogens with one attached hydrogen (secondary N) is 1. The average Bonchev–Trinajstić information content (AvgIpc) is 2.90. The zero-order chi connectivity index (χ0) is 15.7. The first-order chi connectivity index (χ1) is 9.85. The monoisotopic (exact) mass is 320 g/mol. The summed E-state index contributed by atoms with van der Waals surface area (Å²) in [6, 6.07) is 0.986. The Morgan fingerprint density at radius 2 is 1.95 bits per heavy atom. The average molecular weight is 321 g/mol. The molecule has 0 bridgehead atoms. The fourth-order valence-electron chi connectivity index (χ4n) is 2.06. The van der Waals surface area contributed by atoms with Gasteiger partial charge in [-0.15, -0.1) is 11.6 Å². The molecule has 2 rings (SSSR count). The molecule has 0 fully saturated rings. The lowest BCUT2D eigenvalue weighted by molar-refractivity contribution is -0.141. The Kier molecular flexibility index (Phi) is 4.32. The topological polar surface area (TPSA) is 42.2 Å². The van der Waals surface area contributed by atoms with Gasteiger partial charge in [0.15, 0.2) is 11.5 Å². The summed E-state index contributed by atoms with van der Waals surface area (Å²) < 4.78 is 39.4. The second-order valence-corrected chi connectivity index (χ2v) is 5.15. The van der Waals surface area contributed by atoms with Crippen molar-refractivity contribution in [2.75, 3.05) is 11.2 Å². The van der Waals surface area contributed by atoms with Gasteiger partial charge in [0.1, 0.15) is 5.52 Å². The molecule has 0 radical (unpaired) electrons. The van der Waals surface area contributed by atoms with E-state index >= 15 is 0 Å². The number of anilines is 1. The van der Waals surface area contributed by atoms with Gasteiger partial charge < -0.3 is 5.32 Å². The molecule has 2 aromatic heterocycles. The van der Waals surface area contributed by atoms with Crippen LogP contribution < -0.4 is 5.32 Å². The second-order valence-electron chi connectivity index (χ2n) is 4.88. The summed E-state index contributed by atoms with van der Waals surface area (Å²) in [6.07, 6.45) is -0.225. The van der Waals surface area contributed by atoms with Crippen molar-refractivity contribution in [2.45, 2.75) is 38.4 Å². The lowest BCUT2D eigenvalue weighted by Crippen LogP contribution is -2.39. The van der Waals surface area contributed by atoms with E-state index in [-0.39, 0.29) is 5.52 Å². The highest BCUT2D eigenvalue weighted by atomic mass is 35.5. The van der Waals surface area contributed by atoms with Crippen molar-refractivity contribution in [2.24, 2.45) is 0 Å². The van der Waals surface area contributed by atoms with Crippen molar-refractivity contribution in [1.82, 2.24) is 14.6 Å². The number of aromatic nitrogens is 3. The quantitative estimate of drug-likeness (QED) is 0.848. The number of fused-ring (bicyclic) bond motifs is 1. The molecule has 0 aliphatic rings. The molecule has 1 N–H and O–H groups in total. The van der Waals surface area contributed by atoms with Crippen LogP contribution in [0, 0.1) is 0 Å². The summed E-state index contributed by atoms with van der Waals surface area (Å²) in [4.78, 5) is 4.13. The van der Waals surface area contributed by atoms with Gasteiger partial charge in [0.25, 0.3) is 0 Å². The van der Waals surface area contributed by atoms with Crippen molar-refractivity contribution in [3.05, 3.63) is 24.2 Å². The Hall–Kier alpha value is -1.50. The van der Waals surface area contributed by atoms with E-state index in [2.05, 4.69) is 15.4 Å². The van der Waals surface area contributed by atoms with Crippen molar-refractivity contribution in [3.8, 4) is 0 Å². The molecule has 0 saturated carbocycles. The fraction of sp³-hybridized carbons (Fsp3) is 0.538. The van der Waals surface area contributed by atoms with Crippen LogP contribution in [0.25, 0.3) is 5.52 Å². The Labute approximate surface area is 125 Å². The molecule has 0 aliphatic carbocycles. The van der Waals surface area contributed by atoms with Crippen LogP contribution >= 0.6 is 11.6 Å². The van der Waals surface area contributed by atoms with Crippen LogP contribution in [0.1, 0.15) is 32.4 Å². The van der Waals surface area contributed by atoms with Crippen molar-refractivity contribution >= 4 is 22.9 Å². The van der Waals surface area contributed by atoms with Gasteiger partial charge >= 0.3 is 6.18 Å². The first kappa shape index (κ1) is 15.9. The van der Waals surface area contributed by atoms with Crippen LogP contribution in [-0.2, 0) is 6.18 Å².